The number of nitrogen functional groups attached to an aromatic ring is 2. The fraction of sp³-hybridized carbons (Fsp3) is 0.429. The Balaban J connectivity index is 2.94. The van der Waals surface area contributed by atoms with E-state index in [1.807, 2.05) is 0 Å². The summed E-state index contributed by atoms with van der Waals surface area (Å²) in [7, 11) is -3.09. The summed E-state index contributed by atoms with van der Waals surface area (Å²) >= 11 is 0. The van der Waals surface area contributed by atoms with Crippen LogP contribution in [0, 0.1) is 11.3 Å². The maximum Gasteiger partial charge on any atom is 0.165 e. The molecular weight excluding hydrogens is 218 g/mol. The summed E-state index contributed by atoms with van der Waals surface area (Å²) in [5.74, 6) is 0.0190. The number of hydrogen-bond donors (Lipinski definition) is 2. The Morgan fingerprint density at radius 2 is 2.13 bits per heavy atom. The van der Waals surface area contributed by atoms with E-state index in [0.29, 0.717) is 0 Å². The zero-order valence-electron chi connectivity index (χ0n) is 8.14. The van der Waals surface area contributed by atoms with E-state index < -0.39 is 9.84 Å². The molecule has 7 nitrogen and oxygen atoms in total. The van der Waals surface area contributed by atoms with Gasteiger partial charge in [-0.05, 0) is 0 Å². The summed E-state index contributed by atoms with van der Waals surface area (Å²) in [6, 6.07) is 1.80. The molecule has 1 aromatic heterocycles. The van der Waals surface area contributed by atoms with E-state index >= 15 is 0 Å². The minimum absolute atomic E-state index is 0.0171. The second-order valence-corrected chi connectivity index (χ2v) is 5.37. The highest BCUT2D eigenvalue weighted by Gasteiger charge is 2.13. The average molecular weight is 229 g/mol. The third-order valence-corrected chi connectivity index (χ3v) is 2.73. The van der Waals surface area contributed by atoms with Crippen LogP contribution < -0.4 is 11.5 Å². The van der Waals surface area contributed by atoms with Crippen LogP contribution in [-0.4, -0.2) is 30.2 Å². The summed E-state index contributed by atoms with van der Waals surface area (Å²) in [6.45, 7) is 0.0938. The highest BCUT2D eigenvalue weighted by molar-refractivity contribution is 7.90. The van der Waals surface area contributed by atoms with Crippen LogP contribution >= 0.6 is 0 Å². The summed E-state index contributed by atoms with van der Waals surface area (Å²) < 4.78 is 23.0. The van der Waals surface area contributed by atoms with Gasteiger partial charge >= 0.3 is 0 Å². The number of sulfone groups is 1. The molecule has 0 fully saturated rings. The van der Waals surface area contributed by atoms with Crippen LogP contribution in [-0.2, 0) is 16.4 Å². The fourth-order valence-electron chi connectivity index (χ4n) is 1.03. The number of nitriles is 1. The van der Waals surface area contributed by atoms with E-state index in [0.717, 1.165) is 6.26 Å². The van der Waals surface area contributed by atoms with E-state index in [1.54, 1.807) is 6.07 Å². The van der Waals surface area contributed by atoms with Gasteiger partial charge < -0.3 is 11.5 Å². The zero-order chi connectivity index (χ0) is 11.6. The van der Waals surface area contributed by atoms with Crippen molar-refractivity contribution in [3.05, 3.63) is 5.56 Å². The molecule has 0 bridgehead atoms. The molecule has 82 valence electrons. The lowest BCUT2D eigenvalue weighted by Gasteiger charge is -2.01. The lowest BCUT2D eigenvalue weighted by atomic mass is 10.3. The highest BCUT2D eigenvalue weighted by atomic mass is 32.2. The van der Waals surface area contributed by atoms with E-state index in [1.165, 1.54) is 4.68 Å². The SMILES string of the molecule is CS(=O)(=O)CCn1nc(N)c(C#N)c1N. The van der Waals surface area contributed by atoms with Gasteiger partial charge in [-0.2, -0.15) is 10.4 Å². The lowest BCUT2D eigenvalue weighted by Crippen LogP contribution is -2.14. The first kappa shape index (κ1) is 11.3. The molecule has 1 aromatic rings. The molecule has 1 rings (SSSR count). The third-order valence-electron chi connectivity index (χ3n) is 1.80. The number of hydrogen-bond acceptors (Lipinski definition) is 6. The van der Waals surface area contributed by atoms with Crippen molar-refractivity contribution in [3.63, 3.8) is 0 Å². The first-order valence-electron chi connectivity index (χ1n) is 4.04. The van der Waals surface area contributed by atoms with Crippen LogP contribution in [0.5, 0.6) is 0 Å². The van der Waals surface area contributed by atoms with E-state index in [9.17, 15) is 8.42 Å². The smallest absolute Gasteiger partial charge is 0.165 e. The molecule has 0 atom stereocenters. The topological polar surface area (TPSA) is 128 Å². The van der Waals surface area contributed by atoms with Crippen LogP contribution in [0.3, 0.4) is 0 Å². The number of aromatic nitrogens is 2. The fourth-order valence-corrected chi connectivity index (χ4v) is 1.54. The van der Waals surface area contributed by atoms with Crippen molar-refractivity contribution in [1.29, 1.82) is 5.26 Å². The lowest BCUT2D eigenvalue weighted by molar-refractivity contribution is 0.588. The van der Waals surface area contributed by atoms with Crippen molar-refractivity contribution < 1.29 is 8.42 Å². The van der Waals surface area contributed by atoms with Crippen molar-refractivity contribution in [2.24, 2.45) is 0 Å². The van der Waals surface area contributed by atoms with Crippen LogP contribution in [0.2, 0.25) is 0 Å². The highest BCUT2D eigenvalue weighted by Crippen LogP contribution is 2.17. The van der Waals surface area contributed by atoms with Crippen LogP contribution in [0.15, 0.2) is 0 Å². The standard InChI is InChI=1S/C7H11N5O2S/c1-15(13,14)3-2-12-7(10)5(4-8)6(9)11-12/h2-3,10H2,1H3,(H2,9,11). The third kappa shape index (κ3) is 2.60. The Kier molecular flexibility index (Phi) is 2.85. The molecular formula is C7H11N5O2S. The Bertz CT molecular complexity index is 510. The monoisotopic (exact) mass is 229 g/mol. The van der Waals surface area contributed by atoms with Gasteiger partial charge in [0.15, 0.2) is 5.82 Å². The van der Waals surface area contributed by atoms with E-state index in [2.05, 4.69) is 5.10 Å². The van der Waals surface area contributed by atoms with Crippen molar-refractivity contribution in [1.82, 2.24) is 9.78 Å². The van der Waals surface area contributed by atoms with E-state index in [-0.39, 0.29) is 29.5 Å². The molecule has 0 aliphatic heterocycles. The quantitative estimate of drug-likeness (QED) is 0.681. The van der Waals surface area contributed by atoms with Gasteiger partial charge in [0.05, 0.1) is 12.3 Å². The molecule has 0 saturated heterocycles. The molecule has 1 heterocycles. The summed E-state index contributed by atoms with van der Waals surface area (Å²) in [5.41, 5.74) is 11.0. The largest absolute Gasteiger partial charge is 0.383 e. The van der Waals surface area contributed by atoms with Gasteiger partial charge in [0.2, 0.25) is 0 Å². The van der Waals surface area contributed by atoms with Crippen LogP contribution in [0.4, 0.5) is 11.6 Å². The number of anilines is 2. The molecule has 0 radical (unpaired) electrons. The molecule has 0 saturated carbocycles. The molecule has 0 aromatic carbocycles. The van der Waals surface area contributed by atoms with Crippen LogP contribution in [0.1, 0.15) is 5.56 Å². The second-order valence-electron chi connectivity index (χ2n) is 3.11. The molecule has 0 aliphatic carbocycles. The minimum atomic E-state index is -3.09. The first-order valence-corrected chi connectivity index (χ1v) is 6.11. The van der Waals surface area contributed by atoms with Crippen molar-refractivity contribution in [3.8, 4) is 6.07 Å². The molecule has 0 unspecified atom stereocenters. The number of rotatable bonds is 3. The van der Waals surface area contributed by atoms with Gasteiger partial charge in [-0.15, -0.1) is 0 Å². The van der Waals surface area contributed by atoms with Gasteiger partial charge in [-0.3, -0.25) is 0 Å². The van der Waals surface area contributed by atoms with Gasteiger partial charge in [0.1, 0.15) is 27.3 Å². The summed E-state index contributed by atoms with van der Waals surface area (Å²) in [6.07, 6.45) is 1.11. The summed E-state index contributed by atoms with van der Waals surface area (Å²) in [5, 5.41) is 12.4. The zero-order valence-corrected chi connectivity index (χ0v) is 8.95. The molecule has 8 heteroatoms. The van der Waals surface area contributed by atoms with Crippen molar-refractivity contribution in [2.75, 3.05) is 23.5 Å². The Hall–Kier alpha value is -1.75. The summed E-state index contributed by atoms with van der Waals surface area (Å²) in [4.78, 5) is 0. The predicted octanol–water partition coefficient (Wildman–Crippen LogP) is -1.04. The van der Waals surface area contributed by atoms with Gasteiger partial charge in [0, 0.05) is 6.26 Å². The molecule has 0 spiro atoms. The Morgan fingerprint density at radius 3 is 2.53 bits per heavy atom. The molecule has 0 amide bonds. The molecule has 15 heavy (non-hydrogen) atoms. The predicted molar refractivity (Wildman–Crippen MR) is 55.5 cm³/mol. The van der Waals surface area contributed by atoms with Crippen molar-refractivity contribution in [2.45, 2.75) is 6.54 Å². The first-order chi connectivity index (χ1) is 6.85. The number of nitrogens with zero attached hydrogens (tertiary/aromatic N) is 3. The van der Waals surface area contributed by atoms with Gasteiger partial charge in [0.25, 0.3) is 0 Å². The Labute approximate surface area is 87.2 Å². The minimum Gasteiger partial charge on any atom is -0.383 e. The maximum atomic E-state index is 10.9. The molecule has 0 aliphatic rings. The number of aryl methyl sites for hydroxylation is 1. The Morgan fingerprint density at radius 1 is 1.53 bits per heavy atom. The maximum absolute atomic E-state index is 10.9. The van der Waals surface area contributed by atoms with Crippen molar-refractivity contribution >= 4 is 21.5 Å². The van der Waals surface area contributed by atoms with E-state index in [4.69, 9.17) is 16.7 Å². The average Bonchev–Trinajstić information content (AvgIpc) is 2.37. The van der Waals surface area contributed by atoms with Crippen LogP contribution in [0.25, 0.3) is 0 Å². The molecule has 4 N–H and O–H groups in total. The van der Waals surface area contributed by atoms with Gasteiger partial charge in [-0.1, -0.05) is 0 Å². The normalized spacial score (nSPS) is 11.2. The number of nitrogens with two attached hydrogens (primary N) is 2. The second kappa shape index (κ2) is 3.78. The van der Waals surface area contributed by atoms with Gasteiger partial charge in [-0.25, -0.2) is 13.1 Å².